The quantitative estimate of drug-likeness (QED) is 0.0228. The molecule has 1 fully saturated rings. The topological polar surface area (TPSA) is 175 Å². The van der Waals surface area contributed by atoms with Crippen LogP contribution in [0.5, 0.6) is 0 Å². The third kappa shape index (κ3) is 47.8. The number of aliphatic carboxylic acids is 1. The van der Waals surface area contributed by atoms with Crippen molar-refractivity contribution in [2.24, 2.45) is 0 Å². The maximum absolute atomic E-state index is 13.2. The fraction of sp³-hybridized carbons (Fsp3) is 0.746. The minimum atomic E-state index is -1.91. The van der Waals surface area contributed by atoms with Gasteiger partial charge in [-0.25, -0.2) is 4.79 Å². The molecule has 1 heterocycles. The van der Waals surface area contributed by atoms with Crippen LogP contribution >= 0.6 is 0 Å². The maximum atomic E-state index is 13.2. The fourth-order valence-electron chi connectivity index (χ4n) is 9.90. The highest BCUT2D eigenvalue weighted by atomic mass is 16.7. The number of unbranched alkanes of at least 4 members (excludes halogenated alkanes) is 29. The number of esters is 3. The summed E-state index contributed by atoms with van der Waals surface area (Å²) in [5, 5.41) is 31.6. The van der Waals surface area contributed by atoms with Gasteiger partial charge in [-0.2, -0.15) is 0 Å². The molecule has 0 aromatic carbocycles. The smallest absolute Gasteiger partial charge is 0.335 e. The van der Waals surface area contributed by atoms with E-state index in [2.05, 4.69) is 106 Å². The molecule has 1 aliphatic heterocycles. The van der Waals surface area contributed by atoms with Crippen molar-refractivity contribution in [1.29, 1.82) is 0 Å². The first kappa shape index (κ1) is 76.9. The molecule has 6 unspecified atom stereocenters. The second-order valence-electron chi connectivity index (χ2n) is 22.7. The molecule has 0 aliphatic carbocycles. The highest BCUT2D eigenvalue weighted by Crippen LogP contribution is 2.27. The number of carbonyl (C=O) groups excluding carboxylic acids is 3. The van der Waals surface area contributed by atoms with Crippen LogP contribution < -0.4 is 0 Å². The van der Waals surface area contributed by atoms with Crippen LogP contribution in [0.1, 0.15) is 290 Å². The van der Waals surface area contributed by atoms with Gasteiger partial charge in [0.2, 0.25) is 0 Å². The van der Waals surface area contributed by atoms with Crippen molar-refractivity contribution >= 4 is 23.9 Å². The lowest BCUT2D eigenvalue weighted by Gasteiger charge is -2.40. The van der Waals surface area contributed by atoms with E-state index in [0.717, 1.165) is 135 Å². The maximum Gasteiger partial charge on any atom is 0.335 e. The molecule has 0 radical (unpaired) electrons. The molecular formula is C71H120O12. The average molecular weight is 1170 g/mol. The molecule has 83 heavy (non-hydrogen) atoms. The van der Waals surface area contributed by atoms with E-state index in [-0.39, 0.29) is 25.9 Å². The first-order chi connectivity index (χ1) is 40.6. The second-order valence-corrected chi connectivity index (χ2v) is 22.7. The Bertz CT molecular complexity index is 1760. The Morgan fingerprint density at radius 3 is 1.16 bits per heavy atom. The Kier molecular flexibility index (Phi) is 54.0. The summed E-state index contributed by atoms with van der Waals surface area (Å²) in [6, 6.07) is 0. The summed E-state index contributed by atoms with van der Waals surface area (Å²) >= 11 is 0. The molecule has 1 aliphatic rings. The molecule has 1 saturated heterocycles. The third-order valence-electron chi connectivity index (χ3n) is 15.0. The molecule has 476 valence electrons. The van der Waals surface area contributed by atoms with Crippen LogP contribution in [-0.4, -0.2) is 89.2 Å². The number of aliphatic hydroxyl groups is 2. The van der Waals surface area contributed by atoms with E-state index < -0.39 is 67.3 Å². The van der Waals surface area contributed by atoms with Crippen LogP contribution in [0.2, 0.25) is 0 Å². The molecule has 0 aromatic heterocycles. The van der Waals surface area contributed by atoms with Gasteiger partial charge in [-0.05, 0) is 89.9 Å². The van der Waals surface area contributed by atoms with Crippen LogP contribution in [0.25, 0.3) is 0 Å². The number of allylic oxidation sites excluding steroid dienone is 14. The van der Waals surface area contributed by atoms with E-state index in [4.69, 9.17) is 23.7 Å². The number of aliphatic hydroxyl groups excluding tert-OH is 2. The second kappa shape index (κ2) is 58.3. The molecule has 0 aromatic rings. The predicted octanol–water partition coefficient (Wildman–Crippen LogP) is 18.2. The molecule has 0 amide bonds. The van der Waals surface area contributed by atoms with Crippen molar-refractivity contribution in [1.82, 2.24) is 0 Å². The van der Waals surface area contributed by atoms with Gasteiger partial charge < -0.3 is 39.0 Å². The summed E-state index contributed by atoms with van der Waals surface area (Å²) in [4.78, 5) is 51.4. The Labute approximate surface area is 505 Å². The zero-order valence-electron chi connectivity index (χ0n) is 52.7. The van der Waals surface area contributed by atoms with Crippen LogP contribution in [0.3, 0.4) is 0 Å². The molecular weight excluding hydrogens is 1040 g/mol. The van der Waals surface area contributed by atoms with Crippen molar-refractivity contribution in [2.75, 3.05) is 13.2 Å². The number of hydrogen-bond acceptors (Lipinski definition) is 11. The van der Waals surface area contributed by atoms with E-state index in [1.165, 1.54) is 96.3 Å². The molecule has 1 rings (SSSR count). The van der Waals surface area contributed by atoms with Gasteiger partial charge in [0.25, 0.3) is 0 Å². The highest BCUT2D eigenvalue weighted by Gasteiger charge is 2.50. The first-order valence-electron chi connectivity index (χ1n) is 33.6. The largest absolute Gasteiger partial charge is 0.479 e. The minimum Gasteiger partial charge on any atom is -0.479 e. The van der Waals surface area contributed by atoms with E-state index in [9.17, 15) is 34.5 Å². The van der Waals surface area contributed by atoms with Crippen molar-refractivity contribution in [3.8, 4) is 0 Å². The zero-order valence-corrected chi connectivity index (χ0v) is 52.7. The van der Waals surface area contributed by atoms with Gasteiger partial charge in [-0.3, -0.25) is 14.4 Å². The predicted molar refractivity (Wildman–Crippen MR) is 340 cm³/mol. The van der Waals surface area contributed by atoms with Crippen LogP contribution in [0, 0.1) is 0 Å². The van der Waals surface area contributed by atoms with Crippen LogP contribution in [0.15, 0.2) is 85.1 Å². The van der Waals surface area contributed by atoms with E-state index in [0.29, 0.717) is 19.3 Å². The standard InChI is InChI=1S/C71H120O12/c1-4-7-10-13-16-19-22-25-28-30-32-34-37-39-42-45-48-51-54-57-63(72)79-60-62(81-64(73)58-55-52-49-46-43-40-36-27-24-21-18-15-12-9-6-3)61-80-71-69(67(76)66(75)68(83-71)70(77)78)82-65(74)59-56-53-50-47-44-41-38-35-33-31-29-26-23-20-17-14-11-8-5-2/h8-9,11-12,17-18,20-21,26-27,29,33,35-36,62,66-69,71,75-76H,4-7,10,13-16,19,22-25,28,30-32,34,37-61H2,1-3H3,(H,77,78)/b11-8-,12-9-,20-17-,21-18-,29-26-,35-33-,36-27-. The summed E-state index contributed by atoms with van der Waals surface area (Å²) in [5.74, 6) is -3.15. The van der Waals surface area contributed by atoms with E-state index in [1.54, 1.807) is 0 Å². The summed E-state index contributed by atoms with van der Waals surface area (Å²) in [5.41, 5.74) is 0. The van der Waals surface area contributed by atoms with Crippen molar-refractivity contribution in [3.63, 3.8) is 0 Å². The number of hydrogen-bond donors (Lipinski definition) is 3. The molecule has 3 N–H and O–H groups in total. The zero-order chi connectivity index (χ0) is 60.3. The molecule has 0 spiro atoms. The van der Waals surface area contributed by atoms with E-state index in [1.807, 2.05) is 0 Å². The molecule has 12 nitrogen and oxygen atoms in total. The molecule has 6 atom stereocenters. The van der Waals surface area contributed by atoms with Gasteiger partial charge in [0, 0.05) is 19.3 Å². The summed E-state index contributed by atoms with van der Waals surface area (Å²) in [6.07, 6.45) is 64.0. The Hall–Kier alpha value is -4.10. The number of carbonyl (C=O) groups is 4. The summed E-state index contributed by atoms with van der Waals surface area (Å²) in [6.45, 7) is 5.79. The number of carboxylic acid groups (broad SMARTS) is 1. The normalized spacial score (nSPS) is 18.1. The molecule has 12 heteroatoms. The lowest BCUT2D eigenvalue weighted by molar-refractivity contribution is -0.301. The van der Waals surface area contributed by atoms with Crippen molar-refractivity contribution in [2.45, 2.75) is 327 Å². The lowest BCUT2D eigenvalue weighted by Crippen LogP contribution is -2.61. The first-order valence-corrected chi connectivity index (χ1v) is 33.6. The Morgan fingerprint density at radius 2 is 0.759 bits per heavy atom. The average Bonchev–Trinajstić information content (AvgIpc) is 3.60. The van der Waals surface area contributed by atoms with Gasteiger partial charge in [0.15, 0.2) is 24.6 Å². The highest BCUT2D eigenvalue weighted by molar-refractivity contribution is 5.74. The molecule has 0 saturated carbocycles. The summed E-state index contributed by atoms with van der Waals surface area (Å²) in [7, 11) is 0. The van der Waals surface area contributed by atoms with Gasteiger partial charge in [-0.1, -0.05) is 266 Å². The van der Waals surface area contributed by atoms with Crippen molar-refractivity contribution in [3.05, 3.63) is 85.1 Å². The Morgan fingerprint density at radius 1 is 0.410 bits per heavy atom. The fourth-order valence-corrected chi connectivity index (χ4v) is 9.90. The minimum absolute atomic E-state index is 0.0402. The number of rotatable bonds is 57. The molecule has 0 bridgehead atoms. The summed E-state index contributed by atoms with van der Waals surface area (Å²) < 4.78 is 28.5. The number of ether oxygens (including phenoxy) is 5. The Balaban J connectivity index is 2.65. The van der Waals surface area contributed by atoms with Gasteiger partial charge >= 0.3 is 23.9 Å². The van der Waals surface area contributed by atoms with Crippen LogP contribution in [0.4, 0.5) is 0 Å². The lowest BCUT2D eigenvalue weighted by atomic mass is 9.98. The number of carboxylic acids is 1. The van der Waals surface area contributed by atoms with Gasteiger partial charge in [-0.15, -0.1) is 0 Å². The van der Waals surface area contributed by atoms with E-state index >= 15 is 0 Å². The third-order valence-corrected chi connectivity index (χ3v) is 15.0. The monoisotopic (exact) mass is 1160 g/mol. The SMILES string of the molecule is CC/C=C\C/C=C\C/C=C\C/C=C\CCCCCCCCC(=O)OC1C(OCC(COC(=O)CCCCCCCCCCCCCCCCCCCCC)OC(=O)CCCCCCC/C=C\C/C=C\C/C=C\CC)OC(C(=O)O)C(O)C1O. The van der Waals surface area contributed by atoms with Gasteiger partial charge in [0.05, 0.1) is 6.61 Å². The van der Waals surface area contributed by atoms with Gasteiger partial charge in [0.1, 0.15) is 18.8 Å². The van der Waals surface area contributed by atoms with Crippen molar-refractivity contribution < 1.29 is 58.2 Å². The van der Waals surface area contributed by atoms with Crippen LogP contribution in [-0.2, 0) is 42.9 Å².